The van der Waals surface area contributed by atoms with Crippen LogP contribution in [-0.4, -0.2) is 28.1 Å². The predicted octanol–water partition coefficient (Wildman–Crippen LogP) is 4.64. The summed E-state index contributed by atoms with van der Waals surface area (Å²) in [5, 5.41) is 15.9. The number of ether oxygens (including phenoxy) is 1. The fourth-order valence-corrected chi connectivity index (χ4v) is 2.93. The molecule has 0 spiro atoms. The van der Waals surface area contributed by atoms with Gasteiger partial charge >= 0.3 is 0 Å². The van der Waals surface area contributed by atoms with Crippen molar-refractivity contribution in [3.63, 3.8) is 0 Å². The number of pyridine rings is 1. The van der Waals surface area contributed by atoms with Gasteiger partial charge in [0.05, 0.1) is 12.1 Å². The van der Waals surface area contributed by atoms with E-state index < -0.39 is 5.54 Å². The summed E-state index contributed by atoms with van der Waals surface area (Å²) in [4.78, 5) is 16.6. The molecule has 7 heteroatoms. The first-order chi connectivity index (χ1) is 14.3. The maximum absolute atomic E-state index is 12.5. The van der Waals surface area contributed by atoms with Gasteiger partial charge in [-0.1, -0.05) is 29.8 Å². The van der Waals surface area contributed by atoms with E-state index in [1.54, 1.807) is 44.3 Å². The zero-order valence-electron chi connectivity index (χ0n) is 16.9. The van der Waals surface area contributed by atoms with Crippen molar-refractivity contribution in [3.8, 4) is 11.6 Å². The minimum atomic E-state index is -0.721. The van der Waals surface area contributed by atoms with Crippen molar-refractivity contribution < 1.29 is 14.6 Å². The second-order valence-electron chi connectivity index (χ2n) is 7.50. The molecule has 0 aliphatic carbocycles. The number of aliphatic hydroxyl groups is 1. The molecule has 0 saturated carbocycles. The summed E-state index contributed by atoms with van der Waals surface area (Å²) in [7, 11) is 0. The quantitative estimate of drug-likeness (QED) is 0.489. The summed E-state index contributed by atoms with van der Waals surface area (Å²) in [6, 6.07) is 18.2. The fraction of sp³-hybridized carbons (Fsp3) is 0.217. The van der Waals surface area contributed by atoms with Gasteiger partial charge in [0, 0.05) is 35.1 Å². The third kappa shape index (κ3) is 6.20. The van der Waals surface area contributed by atoms with E-state index in [9.17, 15) is 9.90 Å². The Balaban J connectivity index is 1.68. The number of carbonyl (C=O) groups is 1. The van der Waals surface area contributed by atoms with Crippen LogP contribution < -0.4 is 15.4 Å². The number of hydrogen-bond donors (Lipinski definition) is 3. The third-order valence-electron chi connectivity index (χ3n) is 4.26. The van der Waals surface area contributed by atoms with Crippen LogP contribution in [0.2, 0.25) is 5.02 Å². The van der Waals surface area contributed by atoms with Crippen LogP contribution in [-0.2, 0) is 6.54 Å². The number of rotatable bonds is 8. The summed E-state index contributed by atoms with van der Waals surface area (Å²) in [5.74, 6) is 0.912. The number of anilines is 1. The van der Waals surface area contributed by atoms with Crippen LogP contribution >= 0.6 is 11.6 Å². The minimum absolute atomic E-state index is 0.165. The Hall–Kier alpha value is -3.09. The number of amides is 1. The lowest BCUT2D eigenvalue weighted by atomic mass is 10.1. The lowest BCUT2D eigenvalue weighted by molar-refractivity contribution is 0.0869. The topological polar surface area (TPSA) is 83.5 Å². The molecule has 156 valence electrons. The predicted molar refractivity (Wildman–Crippen MR) is 118 cm³/mol. The van der Waals surface area contributed by atoms with E-state index in [2.05, 4.69) is 15.6 Å². The highest BCUT2D eigenvalue weighted by molar-refractivity contribution is 6.31. The average Bonchev–Trinajstić information content (AvgIpc) is 2.73. The summed E-state index contributed by atoms with van der Waals surface area (Å²) < 4.78 is 5.76. The van der Waals surface area contributed by atoms with Gasteiger partial charge in [-0.25, -0.2) is 4.98 Å². The lowest BCUT2D eigenvalue weighted by Crippen LogP contribution is -2.46. The van der Waals surface area contributed by atoms with Gasteiger partial charge in [0.15, 0.2) is 0 Å². The molecule has 3 N–H and O–H groups in total. The highest BCUT2D eigenvalue weighted by Gasteiger charge is 2.20. The molecular formula is C23H24ClN3O3. The van der Waals surface area contributed by atoms with Gasteiger partial charge in [-0.2, -0.15) is 0 Å². The van der Waals surface area contributed by atoms with E-state index in [0.717, 1.165) is 5.56 Å². The van der Waals surface area contributed by atoms with Crippen LogP contribution in [0.15, 0.2) is 66.9 Å². The third-order valence-corrected chi connectivity index (χ3v) is 4.48. The number of aliphatic hydroxyl groups excluding tert-OH is 1. The Morgan fingerprint density at radius 2 is 1.97 bits per heavy atom. The number of hydrogen-bond acceptors (Lipinski definition) is 5. The van der Waals surface area contributed by atoms with Gasteiger partial charge in [-0.05, 0) is 55.8 Å². The Kier molecular flexibility index (Phi) is 6.92. The van der Waals surface area contributed by atoms with Crippen LogP contribution in [0.1, 0.15) is 29.8 Å². The van der Waals surface area contributed by atoms with Crippen molar-refractivity contribution in [2.45, 2.75) is 25.9 Å². The molecule has 0 radical (unpaired) electrons. The molecule has 0 aliphatic heterocycles. The largest absolute Gasteiger partial charge is 0.439 e. The molecule has 3 rings (SSSR count). The van der Waals surface area contributed by atoms with Crippen LogP contribution in [0.3, 0.4) is 0 Å². The van der Waals surface area contributed by atoms with Crippen LogP contribution in [0, 0.1) is 0 Å². The van der Waals surface area contributed by atoms with E-state index in [1.807, 2.05) is 36.4 Å². The fourth-order valence-electron chi connectivity index (χ4n) is 2.69. The first-order valence-corrected chi connectivity index (χ1v) is 9.88. The zero-order valence-corrected chi connectivity index (χ0v) is 17.6. The summed E-state index contributed by atoms with van der Waals surface area (Å²) in [6.07, 6.45) is 1.68. The number of aromatic nitrogens is 1. The van der Waals surface area contributed by atoms with Crippen LogP contribution in [0.5, 0.6) is 11.6 Å². The summed E-state index contributed by atoms with van der Waals surface area (Å²) >= 11 is 6.20. The Labute approximate surface area is 180 Å². The molecule has 2 aromatic carbocycles. The van der Waals surface area contributed by atoms with E-state index >= 15 is 0 Å². The van der Waals surface area contributed by atoms with Gasteiger partial charge < -0.3 is 20.5 Å². The van der Waals surface area contributed by atoms with Gasteiger partial charge in [0.1, 0.15) is 5.75 Å². The van der Waals surface area contributed by atoms with Crippen LogP contribution in [0.25, 0.3) is 0 Å². The Morgan fingerprint density at radius 1 is 1.13 bits per heavy atom. The van der Waals surface area contributed by atoms with Crippen molar-refractivity contribution in [1.82, 2.24) is 10.3 Å². The standard InChI is InChI=1S/C23H24ClN3O3/c1-23(2,15-28)27-22(29)17-11-18(24)13-19(12-17)26-14-16-6-5-7-20(10-16)30-21-8-3-4-9-25-21/h3-13,26,28H,14-15H2,1-2H3,(H,27,29). The van der Waals surface area contributed by atoms with Crippen LogP contribution in [0.4, 0.5) is 5.69 Å². The van der Waals surface area contributed by atoms with Gasteiger partial charge in [-0.15, -0.1) is 0 Å². The first-order valence-electron chi connectivity index (χ1n) is 9.50. The molecule has 1 amide bonds. The van der Waals surface area contributed by atoms with E-state index in [0.29, 0.717) is 34.4 Å². The molecule has 0 aliphatic rings. The Morgan fingerprint density at radius 3 is 2.70 bits per heavy atom. The minimum Gasteiger partial charge on any atom is -0.439 e. The molecule has 0 saturated heterocycles. The van der Waals surface area contributed by atoms with Gasteiger partial charge in [-0.3, -0.25) is 4.79 Å². The maximum Gasteiger partial charge on any atom is 0.251 e. The molecule has 0 atom stereocenters. The second-order valence-corrected chi connectivity index (χ2v) is 7.93. The number of nitrogens with zero attached hydrogens (tertiary/aromatic N) is 1. The number of carbonyl (C=O) groups excluding carboxylic acids is 1. The molecule has 1 heterocycles. The SMILES string of the molecule is CC(C)(CO)NC(=O)c1cc(Cl)cc(NCc2cccc(Oc3ccccn3)c2)c1. The number of benzene rings is 2. The van der Waals surface area contributed by atoms with E-state index in [-0.39, 0.29) is 12.5 Å². The molecule has 0 bridgehead atoms. The Bertz CT molecular complexity index is 1010. The smallest absolute Gasteiger partial charge is 0.251 e. The van der Waals surface area contributed by atoms with E-state index in [1.165, 1.54) is 0 Å². The molecular weight excluding hydrogens is 402 g/mol. The lowest BCUT2D eigenvalue weighted by Gasteiger charge is -2.23. The molecule has 3 aromatic rings. The number of nitrogens with one attached hydrogen (secondary N) is 2. The molecule has 1 aromatic heterocycles. The van der Waals surface area contributed by atoms with Gasteiger partial charge in [0.2, 0.25) is 5.88 Å². The van der Waals surface area contributed by atoms with Crippen molar-refractivity contribution in [2.24, 2.45) is 0 Å². The van der Waals surface area contributed by atoms with Crippen molar-refractivity contribution in [3.05, 3.63) is 83.0 Å². The zero-order chi connectivity index (χ0) is 21.6. The van der Waals surface area contributed by atoms with E-state index in [4.69, 9.17) is 16.3 Å². The average molecular weight is 426 g/mol. The maximum atomic E-state index is 12.5. The molecule has 30 heavy (non-hydrogen) atoms. The monoisotopic (exact) mass is 425 g/mol. The van der Waals surface area contributed by atoms with Crippen molar-refractivity contribution in [1.29, 1.82) is 0 Å². The normalized spacial score (nSPS) is 11.1. The second kappa shape index (κ2) is 9.61. The highest BCUT2D eigenvalue weighted by Crippen LogP contribution is 2.23. The molecule has 6 nitrogen and oxygen atoms in total. The van der Waals surface area contributed by atoms with Gasteiger partial charge in [0.25, 0.3) is 5.91 Å². The highest BCUT2D eigenvalue weighted by atomic mass is 35.5. The van der Waals surface area contributed by atoms with Crippen molar-refractivity contribution >= 4 is 23.2 Å². The number of halogens is 1. The molecule has 0 fully saturated rings. The van der Waals surface area contributed by atoms with Crippen molar-refractivity contribution in [2.75, 3.05) is 11.9 Å². The summed E-state index contributed by atoms with van der Waals surface area (Å²) in [5.41, 5.74) is 1.40. The summed E-state index contributed by atoms with van der Waals surface area (Å²) in [6.45, 7) is 3.84. The first kappa shape index (κ1) is 21.6. The molecule has 0 unspecified atom stereocenters.